The Balaban J connectivity index is 2.38. The van der Waals surface area contributed by atoms with Gasteiger partial charge in [-0.1, -0.05) is 39.8 Å². The average molecular weight is 464 g/mol. The van der Waals surface area contributed by atoms with Crippen LogP contribution in [-0.4, -0.2) is 59.5 Å². The first-order valence-corrected chi connectivity index (χ1v) is 12.5. The Kier molecular flexibility index (Phi) is 9.14. The van der Waals surface area contributed by atoms with Crippen LogP contribution in [0.1, 0.15) is 73.6 Å². The van der Waals surface area contributed by atoms with Gasteiger partial charge in [-0.05, 0) is 57.3 Å². The van der Waals surface area contributed by atoms with Crippen molar-refractivity contribution in [2.45, 2.75) is 85.2 Å². The van der Waals surface area contributed by atoms with Gasteiger partial charge < -0.3 is 20.6 Å². The smallest absolute Gasteiger partial charge is 0.243 e. The normalized spacial score (nSPS) is 27.5. The average Bonchev–Trinajstić information content (AvgIpc) is 2.99. The lowest BCUT2D eigenvalue weighted by molar-refractivity contribution is -0.141. The van der Waals surface area contributed by atoms with Gasteiger partial charge in [-0.3, -0.25) is 14.4 Å². The molecule has 0 spiro atoms. The quantitative estimate of drug-likeness (QED) is 0.343. The van der Waals surface area contributed by atoms with E-state index in [9.17, 15) is 14.4 Å². The lowest BCUT2D eigenvalue weighted by Gasteiger charge is -2.37. The molecule has 0 aromatic heterocycles. The SMILES string of the molecule is CC[C@@H]1C=C[C@H]2[C@@H](C(=O)N(CCCCCO)[C@@H]2C(=O)NC(C)(C)CC(C)(C)C)[C@@H]1C(=O)NC. The zero-order chi connectivity index (χ0) is 25.0. The van der Waals surface area contributed by atoms with Crippen LogP contribution >= 0.6 is 0 Å². The predicted molar refractivity (Wildman–Crippen MR) is 130 cm³/mol. The second kappa shape index (κ2) is 11.0. The Morgan fingerprint density at radius 1 is 1.06 bits per heavy atom. The molecule has 0 unspecified atom stereocenters. The van der Waals surface area contributed by atoms with E-state index >= 15 is 0 Å². The number of carbonyl (C=O) groups is 3. The van der Waals surface area contributed by atoms with Gasteiger partial charge in [0.1, 0.15) is 6.04 Å². The molecule has 3 amide bonds. The van der Waals surface area contributed by atoms with E-state index in [1.807, 2.05) is 32.9 Å². The zero-order valence-corrected chi connectivity index (χ0v) is 21.6. The van der Waals surface area contributed by atoms with E-state index in [-0.39, 0.29) is 41.6 Å². The summed E-state index contributed by atoms with van der Waals surface area (Å²) in [7, 11) is 1.60. The minimum atomic E-state index is -0.628. The summed E-state index contributed by atoms with van der Waals surface area (Å²) in [6.07, 6.45) is 7.76. The summed E-state index contributed by atoms with van der Waals surface area (Å²) < 4.78 is 0. The predicted octanol–water partition coefficient (Wildman–Crippen LogP) is 2.88. The fourth-order valence-electron chi connectivity index (χ4n) is 6.00. The van der Waals surface area contributed by atoms with Gasteiger partial charge in [0.25, 0.3) is 0 Å². The maximum Gasteiger partial charge on any atom is 0.243 e. The summed E-state index contributed by atoms with van der Waals surface area (Å²) in [5.74, 6) is -1.74. The molecule has 33 heavy (non-hydrogen) atoms. The molecule has 1 fully saturated rings. The molecule has 2 rings (SSSR count). The van der Waals surface area contributed by atoms with Gasteiger partial charge in [0, 0.05) is 31.7 Å². The number of nitrogens with zero attached hydrogens (tertiary/aromatic N) is 1. The molecule has 7 nitrogen and oxygen atoms in total. The lowest BCUT2D eigenvalue weighted by atomic mass is 9.68. The number of allylic oxidation sites excluding steroid dienone is 1. The number of rotatable bonds is 10. The van der Waals surface area contributed by atoms with Crippen LogP contribution in [0.5, 0.6) is 0 Å². The van der Waals surface area contributed by atoms with Crippen LogP contribution < -0.4 is 10.6 Å². The molecule has 2 aliphatic rings. The molecule has 0 radical (unpaired) electrons. The minimum Gasteiger partial charge on any atom is -0.396 e. The third-order valence-corrected chi connectivity index (χ3v) is 6.89. The van der Waals surface area contributed by atoms with Crippen LogP contribution in [0, 0.1) is 29.1 Å². The van der Waals surface area contributed by atoms with E-state index in [1.54, 1.807) is 11.9 Å². The third kappa shape index (κ3) is 6.58. The van der Waals surface area contributed by atoms with Gasteiger partial charge in [0.05, 0.1) is 11.8 Å². The molecule has 188 valence electrons. The van der Waals surface area contributed by atoms with Crippen molar-refractivity contribution in [3.63, 3.8) is 0 Å². The molecular formula is C26H45N3O4. The summed E-state index contributed by atoms with van der Waals surface area (Å²) in [5, 5.41) is 15.1. The van der Waals surface area contributed by atoms with E-state index in [2.05, 4.69) is 31.4 Å². The minimum absolute atomic E-state index is 0.0227. The molecule has 1 saturated heterocycles. The van der Waals surface area contributed by atoms with Crippen molar-refractivity contribution in [1.29, 1.82) is 0 Å². The molecule has 1 aliphatic carbocycles. The molecule has 0 aromatic carbocycles. The number of hydrogen-bond donors (Lipinski definition) is 3. The number of nitrogens with one attached hydrogen (secondary N) is 2. The van der Waals surface area contributed by atoms with Gasteiger partial charge in [-0.25, -0.2) is 0 Å². The molecule has 1 heterocycles. The summed E-state index contributed by atoms with van der Waals surface area (Å²) >= 11 is 0. The molecule has 7 heteroatoms. The number of aliphatic hydroxyl groups is 1. The second-order valence-electron chi connectivity index (χ2n) is 11.6. The Hall–Kier alpha value is -1.89. The molecule has 0 aromatic rings. The zero-order valence-electron chi connectivity index (χ0n) is 21.6. The molecule has 3 N–H and O–H groups in total. The summed E-state index contributed by atoms with van der Waals surface area (Å²) in [6, 6.07) is -0.628. The Labute approximate surface area is 199 Å². The van der Waals surface area contributed by atoms with Crippen LogP contribution in [0.4, 0.5) is 0 Å². The third-order valence-electron chi connectivity index (χ3n) is 6.89. The standard InChI is InChI=1S/C26H45N3O4/c1-8-17-12-13-18-20(19(17)22(31)27-7)24(33)29(14-10-9-11-15-30)21(18)23(32)28-26(5,6)16-25(2,3)4/h12-13,17-21,30H,8-11,14-16H2,1-7H3,(H,27,31)(H,28,32)/t17-,18+,19-,20-,21+/m1/s1. The van der Waals surface area contributed by atoms with Crippen LogP contribution in [0.2, 0.25) is 0 Å². The highest BCUT2D eigenvalue weighted by atomic mass is 16.3. The van der Waals surface area contributed by atoms with Crippen LogP contribution in [0.3, 0.4) is 0 Å². The fraction of sp³-hybridized carbons (Fsp3) is 0.808. The van der Waals surface area contributed by atoms with Gasteiger partial charge >= 0.3 is 0 Å². The van der Waals surface area contributed by atoms with Crippen LogP contribution in [0.25, 0.3) is 0 Å². The van der Waals surface area contributed by atoms with Crippen molar-refractivity contribution in [3.05, 3.63) is 12.2 Å². The summed E-state index contributed by atoms with van der Waals surface area (Å²) in [5.41, 5.74) is -0.387. The van der Waals surface area contributed by atoms with E-state index in [1.165, 1.54) is 0 Å². The largest absolute Gasteiger partial charge is 0.396 e. The molecular weight excluding hydrogens is 418 g/mol. The number of amides is 3. The molecule has 5 atom stereocenters. The monoisotopic (exact) mass is 463 g/mol. The number of fused-ring (bicyclic) bond motifs is 1. The van der Waals surface area contributed by atoms with Crippen LogP contribution in [0.15, 0.2) is 12.2 Å². The first-order chi connectivity index (χ1) is 15.4. The Morgan fingerprint density at radius 3 is 2.27 bits per heavy atom. The van der Waals surface area contributed by atoms with Crippen molar-refractivity contribution >= 4 is 17.7 Å². The first-order valence-electron chi connectivity index (χ1n) is 12.5. The molecule has 0 saturated carbocycles. The Morgan fingerprint density at radius 2 is 1.73 bits per heavy atom. The second-order valence-corrected chi connectivity index (χ2v) is 11.6. The fourth-order valence-corrected chi connectivity index (χ4v) is 6.00. The molecule has 0 bridgehead atoms. The van der Waals surface area contributed by atoms with Crippen molar-refractivity contribution in [2.75, 3.05) is 20.2 Å². The van der Waals surface area contributed by atoms with Crippen molar-refractivity contribution < 1.29 is 19.5 Å². The highest BCUT2D eigenvalue weighted by Gasteiger charge is 2.57. The van der Waals surface area contributed by atoms with Crippen molar-refractivity contribution in [1.82, 2.24) is 15.5 Å². The van der Waals surface area contributed by atoms with E-state index in [0.717, 1.165) is 19.3 Å². The number of aliphatic hydroxyl groups excluding tert-OH is 1. The first kappa shape index (κ1) is 27.4. The van der Waals surface area contributed by atoms with Crippen LogP contribution in [-0.2, 0) is 14.4 Å². The number of unbranched alkanes of at least 4 members (excludes halogenated alkanes) is 2. The highest BCUT2D eigenvalue weighted by molar-refractivity contribution is 5.97. The van der Waals surface area contributed by atoms with E-state index in [4.69, 9.17) is 5.11 Å². The Bertz CT molecular complexity index is 740. The van der Waals surface area contributed by atoms with Crippen molar-refractivity contribution in [3.8, 4) is 0 Å². The van der Waals surface area contributed by atoms with Gasteiger partial charge in [0.2, 0.25) is 17.7 Å². The number of hydrogen-bond acceptors (Lipinski definition) is 4. The maximum atomic E-state index is 13.7. The summed E-state index contributed by atoms with van der Waals surface area (Å²) in [6.45, 7) is 13.1. The lowest BCUT2D eigenvalue weighted by Crippen LogP contribution is -2.54. The number of carbonyl (C=O) groups excluding carboxylic acids is 3. The molecule has 1 aliphatic heterocycles. The van der Waals surface area contributed by atoms with Gasteiger partial charge in [-0.2, -0.15) is 0 Å². The van der Waals surface area contributed by atoms with Gasteiger partial charge in [-0.15, -0.1) is 0 Å². The number of likely N-dealkylation sites (tertiary alicyclic amines) is 1. The highest BCUT2D eigenvalue weighted by Crippen LogP contribution is 2.45. The van der Waals surface area contributed by atoms with Crippen molar-refractivity contribution in [2.24, 2.45) is 29.1 Å². The summed E-state index contributed by atoms with van der Waals surface area (Å²) in [4.78, 5) is 41.9. The topological polar surface area (TPSA) is 98.7 Å². The van der Waals surface area contributed by atoms with E-state index < -0.39 is 23.4 Å². The maximum absolute atomic E-state index is 13.7. The van der Waals surface area contributed by atoms with Gasteiger partial charge in [0.15, 0.2) is 0 Å². The van der Waals surface area contributed by atoms with E-state index in [0.29, 0.717) is 19.4 Å².